The Labute approximate surface area is 187 Å². The van der Waals surface area contributed by atoms with Gasteiger partial charge in [-0.25, -0.2) is 18.4 Å². The van der Waals surface area contributed by atoms with Gasteiger partial charge in [-0.3, -0.25) is 0 Å². The molecule has 2 aliphatic rings. The Balaban J connectivity index is 0.000000177. The number of rotatable bonds is 3. The van der Waals surface area contributed by atoms with E-state index in [-0.39, 0.29) is 0 Å². The Bertz CT molecular complexity index is 898. The number of anilines is 2. The second-order valence-electron chi connectivity index (χ2n) is 7.06. The molecule has 2 aliphatic heterocycles. The normalized spacial score (nSPS) is 18.0. The van der Waals surface area contributed by atoms with E-state index in [0.29, 0.717) is 36.2 Å². The van der Waals surface area contributed by atoms with Crippen molar-refractivity contribution in [2.75, 3.05) is 68.4 Å². The number of hydrogen-bond donors (Lipinski definition) is 1. The lowest BCUT2D eigenvalue weighted by atomic mass is 10.3. The average Bonchev–Trinajstić information content (AvgIpc) is 2.75. The van der Waals surface area contributed by atoms with E-state index in [2.05, 4.69) is 25.1 Å². The van der Waals surface area contributed by atoms with Gasteiger partial charge in [-0.15, -0.1) is 0 Å². The zero-order valence-corrected chi connectivity index (χ0v) is 19.2. The second-order valence-corrected chi connectivity index (χ2v) is 9.91. The van der Waals surface area contributed by atoms with E-state index >= 15 is 0 Å². The SMILES string of the molecule is CS(=O)(=O)N1CCN(c2ccc(Cl)cn2)CC1.Clc1ccc(N2CCNCC2)nc1. The predicted molar refractivity (Wildman–Crippen MR) is 122 cm³/mol. The summed E-state index contributed by atoms with van der Waals surface area (Å²) >= 11 is 11.5. The number of nitrogens with one attached hydrogen (secondary N) is 1. The molecule has 0 spiro atoms. The summed E-state index contributed by atoms with van der Waals surface area (Å²) in [5.41, 5.74) is 0. The molecule has 8 nitrogen and oxygen atoms in total. The van der Waals surface area contributed by atoms with Crippen LogP contribution in [0.25, 0.3) is 0 Å². The standard InChI is InChI=1S/C10H14ClN3O2S.C9H12ClN3/c1-17(15,16)14-6-4-13(5-7-14)10-3-2-9(11)8-12-10;10-8-1-2-9(12-7-8)13-5-3-11-4-6-13/h2-3,8H,4-7H2,1H3;1-2,7,11H,3-6H2. The van der Waals surface area contributed by atoms with Crippen molar-refractivity contribution in [1.82, 2.24) is 19.6 Å². The Hall–Kier alpha value is -1.65. The lowest BCUT2D eigenvalue weighted by Gasteiger charge is -2.33. The molecule has 164 valence electrons. The van der Waals surface area contributed by atoms with Crippen molar-refractivity contribution in [3.8, 4) is 0 Å². The smallest absolute Gasteiger partial charge is 0.211 e. The first-order valence-electron chi connectivity index (χ1n) is 9.72. The molecule has 0 amide bonds. The average molecular weight is 473 g/mol. The minimum Gasteiger partial charge on any atom is -0.354 e. The second kappa shape index (κ2) is 10.6. The van der Waals surface area contributed by atoms with Crippen molar-refractivity contribution < 1.29 is 8.42 Å². The molecule has 0 bridgehead atoms. The van der Waals surface area contributed by atoms with E-state index in [0.717, 1.165) is 37.8 Å². The van der Waals surface area contributed by atoms with Crippen LogP contribution in [0.2, 0.25) is 10.0 Å². The van der Waals surface area contributed by atoms with E-state index in [4.69, 9.17) is 23.2 Å². The molecule has 4 rings (SSSR count). The summed E-state index contributed by atoms with van der Waals surface area (Å²) in [4.78, 5) is 12.8. The van der Waals surface area contributed by atoms with E-state index < -0.39 is 10.0 Å². The first kappa shape index (κ1) is 23.0. The van der Waals surface area contributed by atoms with Crippen LogP contribution in [0.4, 0.5) is 11.6 Å². The van der Waals surface area contributed by atoms with Gasteiger partial charge in [0.05, 0.1) is 16.3 Å². The molecule has 11 heteroatoms. The topological polar surface area (TPSA) is 81.7 Å². The van der Waals surface area contributed by atoms with Crippen LogP contribution in [0.1, 0.15) is 0 Å². The van der Waals surface area contributed by atoms with Crippen LogP contribution in [0.15, 0.2) is 36.7 Å². The molecule has 1 N–H and O–H groups in total. The number of sulfonamides is 1. The lowest BCUT2D eigenvalue weighted by Crippen LogP contribution is -2.48. The zero-order chi connectivity index (χ0) is 21.6. The predicted octanol–water partition coefficient (Wildman–Crippen LogP) is 1.96. The summed E-state index contributed by atoms with van der Waals surface area (Å²) in [5, 5.41) is 4.59. The first-order valence-corrected chi connectivity index (χ1v) is 12.3. The molecule has 2 aromatic heterocycles. The molecule has 0 aliphatic carbocycles. The lowest BCUT2D eigenvalue weighted by molar-refractivity contribution is 0.387. The highest BCUT2D eigenvalue weighted by Crippen LogP contribution is 2.17. The van der Waals surface area contributed by atoms with Crippen molar-refractivity contribution in [2.45, 2.75) is 0 Å². The van der Waals surface area contributed by atoms with E-state index in [9.17, 15) is 8.42 Å². The summed E-state index contributed by atoms with van der Waals surface area (Å²) < 4.78 is 24.2. The van der Waals surface area contributed by atoms with Crippen molar-refractivity contribution in [2.24, 2.45) is 0 Å². The Morgan fingerprint density at radius 1 is 0.800 bits per heavy atom. The molecule has 0 atom stereocenters. The summed E-state index contributed by atoms with van der Waals surface area (Å²) in [6, 6.07) is 7.48. The molecular formula is C19H26Cl2N6O2S. The fourth-order valence-electron chi connectivity index (χ4n) is 3.25. The maximum Gasteiger partial charge on any atom is 0.211 e. The summed E-state index contributed by atoms with van der Waals surface area (Å²) in [6.45, 7) is 6.42. The Kier molecular flexibility index (Phi) is 8.13. The highest BCUT2D eigenvalue weighted by atomic mass is 35.5. The van der Waals surface area contributed by atoms with Crippen LogP contribution in [0, 0.1) is 0 Å². The Morgan fingerprint density at radius 3 is 1.67 bits per heavy atom. The van der Waals surface area contributed by atoms with Gasteiger partial charge >= 0.3 is 0 Å². The molecule has 2 saturated heterocycles. The van der Waals surface area contributed by atoms with Gasteiger partial charge in [0.1, 0.15) is 11.6 Å². The fraction of sp³-hybridized carbons (Fsp3) is 0.474. The molecule has 0 unspecified atom stereocenters. The first-order chi connectivity index (χ1) is 14.3. The maximum atomic E-state index is 11.3. The molecule has 2 fully saturated rings. The van der Waals surface area contributed by atoms with Gasteiger partial charge in [0.25, 0.3) is 0 Å². The quantitative estimate of drug-likeness (QED) is 0.730. The van der Waals surface area contributed by atoms with Crippen molar-refractivity contribution in [3.05, 3.63) is 46.7 Å². The monoisotopic (exact) mass is 472 g/mol. The van der Waals surface area contributed by atoms with Gasteiger partial charge in [0.15, 0.2) is 0 Å². The number of piperazine rings is 2. The maximum absolute atomic E-state index is 11.3. The fourth-order valence-corrected chi connectivity index (χ4v) is 4.30. The van der Waals surface area contributed by atoms with Crippen LogP contribution >= 0.6 is 23.2 Å². The van der Waals surface area contributed by atoms with Gasteiger partial charge in [-0.2, -0.15) is 4.31 Å². The van der Waals surface area contributed by atoms with Gasteiger partial charge in [0, 0.05) is 64.8 Å². The number of hydrogen-bond acceptors (Lipinski definition) is 7. The van der Waals surface area contributed by atoms with Crippen molar-refractivity contribution in [1.29, 1.82) is 0 Å². The molecule has 0 saturated carbocycles. The minimum atomic E-state index is -3.07. The van der Waals surface area contributed by atoms with Gasteiger partial charge < -0.3 is 15.1 Å². The van der Waals surface area contributed by atoms with Crippen LogP contribution in [0.5, 0.6) is 0 Å². The third-order valence-corrected chi connectivity index (χ3v) is 6.65. The van der Waals surface area contributed by atoms with E-state index in [1.54, 1.807) is 18.5 Å². The minimum absolute atomic E-state index is 0.503. The van der Waals surface area contributed by atoms with Gasteiger partial charge in [-0.1, -0.05) is 23.2 Å². The molecule has 0 radical (unpaired) electrons. The highest BCUT2D eigenvalue weighted by Gasteiger charge is 2.23. The van der Waals surface area contributed by atoms with Crippen LogP contribution in [-0.2, 0) is 10.0 Å². The number of halogens is 2. The Morgan fingerprint density at radius 2 is 1.27 bits per heavy atom. The van der Waals surface area contributed by atoms with Crippen LogP contribution in [-0.4, -0.2) is 81.3 Å². The summed E-state index contributed by atoms with van der Waals surface area (Å²) in [6.07, 6.45) is 4.53. The summed E-state index contributed by atoms with van der Waals surface area (Å²) in [5.74, 6) is 1.86. The van der Waals surface area contributed by atoms with Gasteiger partial charge in [-0.05, 0) is 24.3 Å². The molecule has 2 aromatic rings. The molecule has 30 heavy (non-hydrogen) atoms. The van der Waals surface area contributed by atoms with E-state index in [1.165, 1.54) is 10.6 Å². The van der Waals surface area contributed by atoms with Gasteiger partial charge in [0.2, 0.25) is 10.0 Å². The third kappa shape index (κ3) is 6.68. The number of pyridine rings is 2. The molecule has 4 heterocycles. The number of nitrogens with zero attached hydrogens (tertiary/aromatic N) is 5. The highest BCUT2D eigenvalue weighted by molar-refractivity contribution is 7.88. The van der Waals surface area contributed by atoms with Crippen LogP contribution in [0.3, 0.4) is 0 Å². The van der Waals surface area contributed by atoms with Crippen LogP contribution < -0.4 is 15.1 Å². The number of aromatic nitrogens is 2. The summed E-state index contributed by atoms with van der Waals surface area (Å²) in [7, 11) is -3.07. The van der Waals surface area contributed by atoms with Crippen molar-refractivity contribution in [3.63, 3.8) is 0 Å². The van der Waals surface area contributed by atoms with Crippen molar-refractivity contribution >= 4 is 44.9 Å². The zero-order valence-electron chi connectivity index (χ0n) is 16.8. The third-order valence-electron chi connectivity index (χ3n) is 4.90. The largest absolute Gasteiger partial charge is 0.354 e. The molecular weight excluding hydrogens is 447 g/mol. The van der Waals surface area contributed by atoms with E-state index in [1.807, 2.05) is 18.2 Å². The molecule has 0 aromatic carbocycles.